The van der Waals surface area contributed by atoms with Crippen LogP contribution in [0, 0.1) is 16.7 Å². The molecule has 0 radical (unpaired) electrons. The van der Waals surface area contributed by atoms with Gasteiger partial charge in [-0.2, -0.15) is 5.26 Å². The molecular weight excluding hydrogens is 258 g/mol. The molecule has 6 nitrogen and oxygen atoms in total. The van der Waals surface area contributed by atoms with Crippen molar-refractivity contribution in [1.29, 1.82) is 5.26 Å². The molecule has 0 aliphatic carbocycles. The smallest absolute Gasteiger partial charge is 0.410 e. The Labute approximate surface area is 120 Å². The predicted octanol–water partition coefficient (Wildman–Crippen LogP) is 1.24. The second kappa shape index (κ2) is 6.42. The van der Waals surface area contributed by atoms with Crippen molar-refractivity contribution in [3.63, 3.8) is 0 Å². The highest BCUT2D eigenvalue weighted by Crippen LogP contribution is 2.34. The summed E-state index contributed by atoms with van der Waals surface area (Å²) < 4.78 is 5.34. The fourth-order valence-corrected chi connectivity index (χ4v) is 2.45. The molecule has 0 spiro atoms. The lowest BCUT2D eigenvalue weighted by molar-refractivity contribution is 0.00461. The molecule has 3 N–H and O–H groups in total. The van der Waals surface area contributed by atoms with E-state index in [-0.39, 0.29) is 13.1 Å². The molecule has 6 heteroatoms. The Hall–Kier alpha value is -1.32. The lowest BCUT2D eigenvalue weighted by atomic mass is 9.77. The van der Waals surface area contributed by atoms with Gasteiger partial charge in [-0.3, -0.25) is 0 Å². The number of hydrogen-bond acceptors (Lipinski definition) is 5. The first-order chi connectivity index (χ1) is 9.21. The summed E-state index contributed by atoms with van der Waals surface area (Å²) in [5, 5.41) is 19.1. The SMILES string of the molecule is CC(C)(C)OC(=O)N1CCC[C@@](C#N)(C[C@@H](O)CN)C1. The van der Waals surface area contributed by atoms with Crippen LogP contribution in [0.5, 0.6) is 0 Å². The van der Waals surface area contributed by atoms with Crippen molar-refractivity contribution in [2.75, 3.05) is 19.6 Å². The number of ether oxygens (including phenoxy) is 1. The van der Waals surface area contributed by atoms with Gasteiger partial charge < -0.3 is 20.5 Å². The topological polar surface area (TPSA) is 99.6 Å². The maximum atomic E-state index is 12.1. The van der Waals surface area contributed by atoms with Gasteiger partial charge in [0.25, 0.3) is 0 Å². The highest BCUT2D eigenvalue weighted by atomic mass is 16.6. The van der Waals surface area contributed by atoms with E-state index in [1.165, 1.54) is 0 Å². The van der Waals surface area contributed by atoms with Crippen LogP contribution >= 0.6 is 0 Å². The number of likely N-dealkylation sites (tertiary alicyclic amines) is 1. The molecule has 1 rings (SSSR count). The van der Waals surface area contributed by atoms with Crippen molar-refractivity contribution in [2.24, 2.45) is 11.1 Å². The van der Waals surface area contributed by atoms with Gasteiger partial charge in [0.2, 0.25) is 0 Å². The van der Waals surface area contributed by atoms with Gasteiger partial charge in [-0.1, -0.05) is 0 Å². The summed E-state index contributed by atoms with van der Waals surface area (Å²) in [7, 11) is 0. The maximum absolute atomic E-state index is 12.1. The van der Waals surface area contributed by atoms with Crippen molar-refractivity contribution >= 4 is 6.09 Å². The first kappa shape index (κ1) is 16.7. The van der Waals surface area contributed by atoms with Crippen LogP contribution in [0.2, 0.25) is 0 Å². The second-order valence-electron chi connectivity index (χ2n) is 6.49. The summed E-state index contributed by atoms with van der Waals surface area (Å²) >= 11 is 0. The number of carbonyl (C=O) groups excluding carboxylic acids is 1. The number of nitrogens with zero attached hydrogens (tertiary/aromatic N) is 2. The van der Waals surface area contributed by atoms with Gasteiger partial charge in [0.05, 0.1) is 17.6 Å². The third kappa shape index (κ3) is 4.66. The van der Waals surface area contributed by atoms with Crippen LogP contribution in [0.15, 0.2) is 0 Å². The molecule has 1 heterocycles. The Bertz CT molecular complexity index is 386. The van der Waals surface area contributed by atoms with E-state index in [0.29, 0.717) is 19.4 Å². The summed E-state index contributed by atoms with van der Waals surface area (Å²) in [6, 6.07) is 2.27. The monoisotopic (exact) mass is 283 g/mol. The van der Waals surface area contributed by atoms with E-state index < -0.39 is 23.2 Å². The van der Waals surface area contributed by atoms with Crippen LogP contribution < -0.4 is 5.73 Å². The number of amides is 1. The first-order valence-electron chi connectivity index (χ1n) is 6.99. The lowest BCUT2D eigenvalue weighted by Crippen LogP contribution is -2.48. The van der Waals surface area contributed by atoms with Crippen molar-refractivity contribution < 1.29 is 14.6 Å². The van der Waals surface area contributed by atoms with Gasteiger partial charge in [0.1, 0.15) is 5.60 Å². The van der Waals surface area contributed by atoms with Crippen molar-refractivity contribution in [1.82, 2.24) is 4.90 Å². The van der Waals surface area contributed by atoms with Gasteiger partial charge in [-0.05, 0) is 40.0 Å². The number of carbonyl (C=O) groups is 1. The molecule has 0 aromatic heterocycles. The summed E-state index contributed by atoms with van der Waals surface area (Å²) in [5.41, 5.74) is 4.13. The fraction of sp³-hybridized carbons (Fsp3) is 0.857. The van der Waals surface area contributed by atoms with Gasteiger partial charge >= 0.3 is 6.09 Å². The molecule has 114 valence electrons. The molecule has 20 heavy (non-hydrogen) atoms. The number of nitrogens with two attached hydrogens (primary N) is 1. The van der Waals surface area contributed by atoms with Crippen molar-refractivity contribution in [3.8, 4) is 6.07 Å². The average Bonchev–Trinajstić information content (AvgIpc) is 2.37. The molecule has 2 atom stereocenters. The summed E-state index contributed by atoms with van der Waals surface area (Å²) in [6.07, 6.45) is 0.566. The Morgan fingerprint density at radius 1 is 1.60 bits per heavy atom. The third-order valence-corrected chi connectivity index (χ3v) is 3.36. The molecule has 0 aromatic rings. The Morgan fingerprint density at radius 3 is 2.75 bits per heavy atom. The Morgan fingerprint density at radius 2 is 2.25 bits per heavy atom. The number of nitriles is 1. The standard InChI is InChI=1S/C14H25N3O3/c1-13(2,3)20-12(19)17-6-4-5-14(9-16,10-17)7-11(18)8-15/h11,18H,4-8,10,15H2,1-3H3/t11-,14+/m1/s1. The predicted molar refractivity (Wildman–Crippen MR) is 74.8 cm³/mol. The van der Waals surface area contributed by atoms with Crippen LogP contribution in [0.25, 0.3) is 0 Å². The molecule has 0 bridgehead atoms. The van der Waals surface area contributed by atoms with Gasteiger partial charge in [-0.25, -0.2) is 4.79 Å². The van der Waals surface area contributed by atoms with E-state index in [9.17, 15) is 15.2 Å². The number of aliphatic hydroxyl groups excluding tert-OH is 1. The van der Waals surface area contributed by atoms with E-state index in [1.54, 1.807) is 4.90 Å². The van der Waals surface area contributed by atoms with Crippen LogP contribution in [0.1, 0.15) is 40.0 Å². The lowest BCUT2D eigenvalue weighted by Gasteiger charge is -2.39. The molecule has 1 fully saturated rings. The molecule has 1 saturated heterocycles. The molecular formula is C14H25N3O3. The number of hydrogen-bond donors (Lipinski definition) is 2. The van der Waals surface area contributed by atoms with E-state index in [1.807, 2.05) is 20.8 Å². The van der Waals surface area contributed by atoms with Crippen LogP contribution in [0.3, 0.4) is 0 Å². The minimum atomic E-state index is -0.728. The van der Waals surface area contributed by atoms with E-state index in [0.717, 1.165) is 6.42 Å². The quantitative estimate of drug-likeness (QED) is 0.811. The molecule has 0 saturated carbocycles. The van der Waals surface area contributed by atoms with Crippen LogP contribution in [-0.4, -0.2) is 47.4 Å². The molecule has 1 aliphatic heterocycles. The zero-order chi connectivity index (χ0) is 15.4. The number of piperidine rings is 1. The first-order valence-corrected chi connectivity index (χ1v) is 6.99. The fourth-order valence-electron chi connectivity index (χ4n) is 2.45. The minimum absolute atomic E-state index is 0.121. The van der Waals surface area contributed by atoms with E-state index >= 15 is 0 Å². The number of rotatable bonds is 3. The maximum Gasteiger partial charge on any atom is 0.410 e. The summed E-state index contributed by atoms with van der Waals surface area (Å²) in [4.78, 5) is 13.6. The normalized spacial score (nSPS) is 24.9. The zero-order valence-corrected chi connectivity index (χ0v) is 12.6. The summed E-state index contributed by atoms with van der Waals surface area (Å²) in [5.74, 6) is 0. The summed E-state index contributed by atoms with van der Waals surface area (Å²) in [6.45, 7) is 6.42. The van der Waals surface area contributed by atoms with E-state index in [2.05, 4.69) is 6.07 Å². The Kier molecular flexibility index (Phi) is 5.37. The largest absolute Gasteiger partial charge is 0.444 e. The highest BCUT2D eigenvalue weighted by molar-refractivity contribution is 5.68. The zero-order valence-electron chi connectivity index (χ0n) is 12.6. The molecule has 0 unspecified atom stereocenters. The van der Waals surface area contributed by atoms with Crippen LogP contribution in [-0.2, 0) is 4.74 Å². The molecule has 0 aromatic carbocycles. The highest BCUT2D eigenvalue weighted by Gasteiger charge is 2.39. The number of aliphatic hydroxyl groups is 1. The van der Waals surface area contributed by atoms with Gasteiger partial charge in [0, 0.05) is 19.6 Å². The minimum Gasteiger partial charge on any atom is -0.444 e. The van der Waals surface area contributed by atoms with Crippen LogP contribution in [0.4, 0.5) is 4.79 Å². The van der Waals surface area contributed by atoms with E-state index in [4.69, 9.17) is 10.5 Å². The second-order valence-corrected chi connectivity index (χ2v) is 6.49. The molecule has 1 amide bonds. The molecule has 1 aliphatic rings. The third-order valence-electron chi connectivity index (χ3n) is 3.36. The van der Waals surface area contributed by atoms with Gasteiger partial charge in [0.15, 0.2) is 0 Å². The van der Waals surface area contributed by atoms with Crippen molar-refractivity contribution in [3.05, 3.63) is 0 Å². The van der Waals surface area contributed by atoms with Gasteiger partial charge in [-0.15, -0.1) is 0 Å². The Balaban J connectivity index is 2.74. The van der Waals surface area contributed by atoms with Crippen molar-refractivity contribution in [2.45, 2.75) is 51.7 Å². The average molecular weight is 283 g/mol.